The second-order valence-corrected chi connectivity index (χ2v) is 8.32. The van der Waals surface area contributed by atoms with Gasteiger partial charge in [-0.2, -0.15) is 0 Å². The Morgan fingerprint density at radius 1 is 0.839 bits per heavy atom. The molecule has 1 fully saturated rings. The predicted octanol–water partition coefficient (Wildman–Crippen LogP) is 4.26. The zero-order valence-electron chi connectivity index (χ0n) is 18.9. The Balaban J connectivity index is 1.53. The second-order valence-electron chi connectivity index (χ2n) is 8.32. The van der Waals surface area contributed by atoms with E-state index in [9.17, 15) is 9.59 Å². The van der Waals surface area contributed by atoms with Crippen molar-refractivity contribution < 1.29 is 9.59 Å². The van der Waals surface area contributed by atoms with E-state index in [0.717, 1.165) is 62.1 Å². The molecule has 0 unspecified atom stereocenters. The summed E-state index contributed by atoms with van der Waals surface area (Å²) in [5, 5.41) is 3.06. The van der Waals surface area contributed by atoms with E-state index in [0.29, 0.717) is 13.1 Å². The van der Waals surface area contributed by atoms with Gasteiger partial charge in [0.2, 0.25) is 11.8 Å². The monoisotopic (exact) mass is 421 g/mol. The number of benzene rings is 2. The highest BCUT2D eigenvalue weighted by atomic mass is 16.2. The molecule has 0 atom stereocenters. The third kappa shape index (κ3) is 6.66. The van der Waals surface area contributed by atoms with Crippen molar-refractivity contribution in [1.82, 2.24) is 9.80 Å². The van der Waals surface area contributed by atoms with Gasteiger partial charge in [-0.25, -0.2) is 0 Å². The summed E-state index contributed by atoms with van der Waals surface area (Å²) in [6.07, 6.45) is 3.79. The van der Waals surface area contributed by atoms with E-state index in [1.807, 2.05) is 11.0 Å². The van der Waals surface area contributed by atoms with Crippen molar-refractivity contribution >= 4 is 17.5 Å². The zero-order chi connectivity index (χ0) is 22.1. The smallest absolute Gasteiger partial charge is 0.233 e. The van der Waals surface area contributed by atoms with Gasteiger partial charge in [0.25, 0.3) is 0 Å². The molecule has 5 heteroatoms. The summed E-state index contributed by atoms with van der Waals surface area (Å²) in [5.74, 6) is -0.292. The zero-order valence-corrected chi connectivity index (χ0v) is 18.9. The first-order valence-corrected chi connectivity index (χ1v) is 11.5. The van der Waals surface area contributed by atoms with Crippen LogP contribution in [0.5, 0.6) is 0 Å². The number of amides is 2. The van der Waals surface area contributed by atoms with Gasteiger partial charge in [0.05, 0.1) is 0 Å². The molecular weight excluding hydrogens is 386 g/mol. The number of aryl methyl sites for hydroxylation is 2. The topological polar surface area (TPSA) is 52.7 Å². The first-order chi connectivity index (χ1) is 15.1. The lowest BCUT2D eigenvalue weighted by Gasteiger charge is -2.34. The summed E-state index contributed by atoms with van der Waals surface area (Å²) in [7, 11) is 0. The fourth-order valence-electron chi connectivity index (χ4n) is 4.20. The molecule has 1 aliphatic heterocycles. The molecule has 5 nitrogen and oxygen atoms in total. The third-order valence-electron chi connectivity index (χ3n) is 5.83. The number of nitrogens with zero attached hydrogens (tertiary/aromatic N) is 2. The summed E-state index contributed by atoms with van der Waals surface area (Å²) in [5.41, 5.74) is 4.51. The molecule has 0 saturated carbocycles. The molecule has 2 amide bonds. The predicted molar refractivity (Wildman–Crippen MR) is 126 cm³/mol. The van der Waals surface area contributed by atoms with Crippen molar-refractivity contribution in [2.24, 2.45) is 0 Å². The molecule has 3 rings (SSSR count). The number of piperazine rings is 1. The Morgan fingerprint density at radius 3 is 2.03 bits per heavy atom. The van der Waals surface area contributed by atoms with Crippen LogP contribution in [0.25, 0.3) is 0 Å². The molecule has 0 bridgehead atoms. The van der Waals surface area contributed by atoms with E-state index < -0.39 is 0 Å². The average Bonchev–Trinajstić information content (AvgIpc) is 2.77. The maximum atomic E-state index is 12.7. The maximum Gasteiger partial charge on any atom is 0.233 e. The summed E-state index contributed by atoms with van der Waals surface area (Å²) < 4.78 is 0. The Morgan fingerprint density at radius 2 is 1.45 bits per heavy atom. The Bertz CT molecular complexity index is 834. The highest BCUT2D eigenvalue weighted by molar-refractivity contribution is 6.04. The summed E-state index contributed by atoms with van der Waals surface area (Å²) in [4.78, 5) is 29.6. The van der Waals surface area contributed by atoms with Gasteiger partial charge in [0.15, 0.2) is 0 Å². The van der Waals surface area contributed by atoms with E-state index >= 15 is 0 Å². The van der Waals surface area contributed by atoms with Gasteiger partial charge in [0.1, 0.15) is 6.42 Å². The minimum Gasteiger partial charge on any atom is -0.340 e. The highest BCUT2D eigenvalue weighted by Crippen LogP contribution is 2.24. The van der Waals surface area contributed by atoms with E-state index in [2.05, 4.69) is 66.5 Å². The van der Waals surface area contributed by atoms with Gasteiger partial charge >= 0.3 is 0 Å². The highest BCUT2D eigenvalue weighted by Gasteiger charge is 2.23. The summed E-state index contributed by atoms with van der Waals surface area (Å²) in [6.45, 7) is 8.19. The van der Waals surface area contributed by atoms with Gasteiger partial charge in [-0.3, -0.25) is 14.5 Å². The molecule has 1 N–H and O–H groups in total. The van der Waals surface area contributed by atoms with Crippen LogP contribution in [0.4, 0.5) is 5.69 Å². The molecule has 166 valence electrons. The minimum atomic E-state index is -0.211. The van der Waals surface area contributed by atoms with Gasteiger partial charge in [-0.15, -0.1) is 0 Å². The van der Waals surface area contributed by atoms with Gasteiger partial charge in [-0.05, 0) is 29.5 Å². The summed E-state index contributed by atoms with van der Waals surface area (Å²) >= 11 is 0. The largest absolute Gasteiger partial charge is 0.340 e. The van der Waals surface area contributed by atoms with Crippen molar-refractivity contribution in [1.29, 1.82) is 0 Å². The van der Waals surface area contributed by atoms with Crippen LogP contribution in [0.3, 0.4) is 0 Å². The van der Waals surface area contributed by atoms with Crippen LogP contribution in [0.1, 0.15) is 49.8 Å². The number of carbonyl (C=O) groups is 2. The number of para-hydroxylation sites is 1. The van der Waals surface area contributed by atoms with Gasteiger partial charge in [-0.1, -0.05) is 75.2 Å². The lowest BCUT2D eigenvalue weighted by Crippen LogP contribution is -2.48. The number of hydrogen-bond acceptors (Lipinski definition) is 3. The Kier molecular flexibility index (Phi) is 8.65. The molecule has 31 heavy (non-hydrogen) atoms. The van der Waals surface area contributed by atoms with E-state index in [4.69, 9.17) is 0 Å². The molecule has 1 heterocycles. The van der Waals surface area contributed by atoms with E-state index in [1.165, 1.54) is 5.56 Å². The number of anilines is 1. The van der Waals surface area contributed by atoms with Gasteiger partial charge < -0.3 is 10.2 Å². The fraction of sp³-hybridized carbons (Fsp3) is 0.462. The number of rotatable bonds is 9. The van der Waals surface area contributed by atoms with Crippen LogP contribution in [0.2, 0.25) is 0 Å². The molecule has 1 aliphatic rings. The van der Waals surface area contributed by atoms with Crippen molar-refractivity contribution in [2.75, 3.05) is 31.5 Å². The maximum absolute atomic E-state index is 12.7. The molecule has 0 aromatic heterocycles. The lowest BCUT2D eigenvalue weighted by molar-refractivity contribution is -0.136. The Hall–Kier alpha value is -2.66. The molecule has 2 aromatic carbocycles. The van der Waals surface area contributed by atoms with E-state index in [1.54, 1.807) is 0 Å². The Labute approximate surface area is 186 Å². The molecule has 1 saturated heterocycles. The van der Waals surface area contributed by atoms with Crippen molar-refractivity contribution in [3.8, 4) is 0 Å². The fourth-order valence-corrected chi connectivity index (χ4v) is 4.20. The van der Waals surface area contributed by atoms with Crippen LogP contribution < -0.4 is 5.32 Å². The third-order valence-corrected chi connectivity index (χ3v) is 5.83. The van der Waals surface area contributed by atoms with Crippen molar-refractivity contribution in [2.45, 2.75) is 52.5 Å². The molecule has 0 radical (unpaired) electrons. The molecule has 2 aromatic rings. The van der Waals surface area contributed by atoms with Crippen LogP contribution in [0, 0.1) is 0 Å². The first kappa shape index (κ1) is 23.0. The quantitative estimate of drug-likeness (QED) is 0.616. The normalized spacial score (nSPS) is 14.5. The van der Waals surface area contributed by atoms with Crippen LogP contribution in [-0.4, -0.2) is 47.8 Å². The van der Waals surface area contributed by atoms with Crippen molar-refractivity contribution in [3.05, 3.63) is 65.2 Å². The van der Waals surface area contributed by atoms with Crippen LogP contribution in [0.15, 0.2) is 48.5 Å². The lowest BCUT2D eigenvalue weighted by atomic mass is 10.00. The van der Waals surface area contributed by atoms with Crippen LogP contribution >= 0.6 is 0 Å². The van der Waals surface area contributed by atoms with Crippen LogP contribution in [-0.2, 0) is 29.0 Å². The summed E-state index contributed by atoms with van der Waals surface area (Å²) in [6, 6.07) is 16.6. The number of carbonyl (C=O) groups excluding carboxylic acids is 2. The molecule has 0 aliphatic carbocycles. The van der Waals surface area contributed by atoms with E-state index in [-0.39, 0.29) is 18.2 Å². The molecule has 0 spiro atoms. The van der Waals surface area contributed by atoms with Gasteiger partial charge in [0, 0.05) is 38.4 Å². The second kappa shape index (κ2) is 11.7. The average molecular weight is 422 g/mol. The first-order valence-electron chi connectivity index (χ1n) is 11.5. The van der Waals surface area contributed by atoms with Crippen molar-refractivity contribution in [3.63, 3.8) is 0 Å². The SMILES string of the molecule is CCCc1cccc(CCC)c1NC(=O)CC(=O)N1CCN(Cc2ccccc2)CC1. The number of hydrogen-bond donors (Lipinski definition) is 1. The standard InChI is InChI=1S/C26H35N3O2/c1-3-9-22-13-8-14-23(10-4-2)26(22)27-24(30)19-25(31)29-17-15-28(16-18-29)20-21-11-6-5-7-12-21/h5-8,11-14H,3-4,9-10,15-20H2,1-2H3,(H,27,30). The molecular formula is C26H35N3O2. The number of nitrogens with one attached hydrogen (secondary N) is 1. The minimum absolute atomic E-state index is 0.0816.